The molecule has 2 aromatic rings. The first-order valence-corrected chi connectivity index (χ1v) is 5.49. The number of carbonyl (C=O) groups excluding carboxylic acids is 1. The van der Waals surface area contributed by atoms with Crippen molar-refractivity contribution >= 4 is 17.3 Å². The van der Waals surface area contributed by atoms with Crippen molar-refractivity contribution in [3.63, 3.8) is 0 Å². The first-order valence-electron chi connectivity index (χ1n) is 5.49. The van der Waals surface area contributed by atoms with Crippen molar-refractivity contribution in [2.45, 2.75) is 6.92 Å². The summed E-state index contributed by atoms with van der Waals surface area (Å²) in [5.41, 5.74) is 1.50. The summed E-state index contributed by atoms with van der Waals surface area (Å²) in [6.45, 7) is 1.36. The number of carbonyl (C=O) groups is 1. The maximum absolute atomic E-state index is 10.7. The zero-order chi connectivity index (χ0) is 12.8. The molecule has 0 atom stereocenters. The molecule has 0 saturated carbocycles. The van der Waals surface area contributed by atoms with E-state index < -0.39 is 0 Å². The molecule has 0 saturated heterocycles. The Kier molecular flexibility index (Phi) is 3.81. The van der Waals surface area contributed by atoms with Crippen LogP contribution in [0.15, 0.2) is 64.8 Å². The minimum atomic E-state index is -0.339. The van der Waals surface area contributed by atoms with E-state index in [0.717, 1.165) is 5.69 Å². The molecule has 0 aliphatic heterocycles. The van der Waals surface area contributed by atoms with Crippen LogP contribution < -0.4 is 4.74 Å². The van der Waals surface area contributed by atoms with Gasteiger partial charge in [-0.1, -0.05) is 18.2 Å². The molecule has 0 fully saturated rings. The molecule has 0 unspecified atom stereocenters. The van der Waals surface area contributed by atoms with E-state index in [-0.39, 0.29) is 5.97 Å². The molecule has 0 aromatic heterocycles. The molecule has 0 N–H and O–H groups in total. The summed E-state index contributed by atoms with van der Waals surface area (Å²) in [5.74, 6) is 0.162. The first kappa shape index (κ1) is 12.0. The quantitative estimate of drug-likeness (QED) is 0.462. The minimum Gasteiger partial charge on any atom is -0.427 e. The highest BCUT2D eigenvalue weighted by molar-refractivity contribution is 5.69. The second-order valence-corrected chi connectivity index (χ2v) is 3.62. The monoisotopic (exact) mass is 240 g/mol. The molecule has 0 aliphatic rings. The van der Waals surface area contributed by atoms with Gasteiger partial charge in [0, 0.05) is 6.92 Å². The Morgan fingerprint density at radius 1 is 0.889 bits per heavy atom. The van der Waals surface area contributed by atoms with E-state index >= 15 is 0 Å². The van der Waals surface area contributed by atoms with Crippen LogP contribution in [0.3, 0.4) is 0 Å². The SMILES string of the molecule is CC(=O)Oc1ccc(/N=N/c2ccccc2)cc1. The number of ether oxygens (including phenoxy) is 1. The molecule has 0 bridgehead atoms. The largest absolute Gasteiger partial charge is 0.427 e. The highest BCUT2D eigenvalue weighted by Crippen LogP contribution is 2.21. The van der Waals surface area contributed by atoms with E-state index in [2.05, 4.69) is 10.2 Å². The van der Waals surface area contributed by atoms with Gasteiger partial charge in [-0.15, -0.1) is 0 Å². The van der Waals surface area contributed by atoms with Crippen LogP contribution in [-0.2, 0) is 4.79 Å². The van der Waals surface area contributed by atoms with Gasteiger partial charge in [0.25, 0.3) is 0 Å². The Hall–Kier alpha value is -2.49. The number of hydrogen-bond acceptors (Lipinski definition) is 4. The Morgan fingerprint density at radius 2 is 1.44 bits per heavy atom. The molecule has 0 amide bonds. The molecule has 18 heavy (non-hydrogen) atoms. The molecule has 4 nitrogen and oxygen atoms in total. The normalized spacial score (nSPS) is 10.5. The summed E-state index contributed by atoms with van der Waals surface area (Å²) in [7, 11) is 0. The number of nitrogens with zero attached hydrogens (tertiary/aromatic N) is 2. The Morgan fingerprint density at radius 3 is 2.00 bits per heavy atom. The van der Waals surface area contributed by atoms with Crippen LogP contribution in [-0.4, -0.2) is 5.97 Å². The van der Waals surface area contributed by atoms with Crippen molar-refractivity contribution in [3.8, 4) is 5.75 Å². The third-order valence-corrected chi connectivity index (χ3v) is 2.14. The van der Waals surface area contributed by atoms with Crippen molar-refractivity contribution in [2.24, 2.45) is 10.2 Å². The maximum Gasteiger partial charge on any atom is 0.308 e. The molecule has 0 radical (unpaired) electrons. The van der Waals surface area contributed by atoms with Crippen LogP contribution in [0.2, 0.25) is 0 Å². The van der Waals surface area contributed by atoms with Gasteiger partial charge in [-0.3, -0.25) is 4.79 Å². The van der Waals surface area contributed by atoms with Crippen molar-refractivity contribution in [3.05, 3.63) is 54.6 Å². The lowest BCUT2D eigenvalue weighted by atomic mass is 10.3. The van der Waals surface area contributed by atoms with E-state index in [1.165, 1.54) is 6.92 Å². The van der Waals surface area contributed by atoms with Gasteiger partial charge in [-0.05, 0) is 36.4 Å². The fourth-order valence-electron chi connectivity index (χ4n) is 1.36. The summed E-state index contributed by atoms with van der Waals surface area (Å²) >= 11 is 0. The van der Waals surface area contributed by atoms with Gasteiger partial charge >= 0.3 is 5.97 Å². The third kappa shape index (κ3) is 3.52. The van der Waals surface area contributed by atoms with E-state index in [1.54, 1.807) is 24.3 Å². The molecule has 2 rings (SSSR count). The zero-order valence-electron chi connectivity index (χ0n) is 9.91. The molecular formula is C14H12N2O2. The van der Waals surface area contributed by atoms with Crippen LogP contribution in [0.1, 0.15) is 6.92 Å². The Bertz CT molecular complexity index is 548. The van der Waals surface area contributed by atoms with Gasteiger partial charge in [-0.2, -0.15) is 10.2 Å². The van der Waals surface area contributed by atoms with Crippen LogP contribution in [0.4, 0.5) is 11.4 Å². The van der Waals surface area contributed by atoms with Gasteiger partial charge in [-0.25, -0.2) is 0 Å². The van der Waals surface area contributed by atoms with E-state index in [0.29, 0.717) is 11.4 Å². The fourth-order valence-corrected chi connectivity index (χ4v) is 1.36. The van der Waals surface area contributed by atoms with Crippen LogP contribution >= 0.6 is 0 Å². The lowest BCUT2D eigenvalue weighted by Crippen LogP contribution is -2.00. The average molecular weight is 240 g/mol. The highest BCUT2D eigenvalue weighted by atomic mass is 16.5. The van der Waals surface area contributed by atoms with Crippen molar-refractivity contribution in [1.82, 2.24) is 0 Å². The standard InChI is InChI=1S/C14H12N2O2/c1-11(17)18-14-9-7-13(8-10-14)16-15-12-5-3-2-4-6-12/h2-10H,1H3/b16-15+. The second kappa shape index (κ2) is 5.72. The predicted octanol–water partition coefficient (Wildman–Crippen LogP) is 4.03. The molecular weight excluding hydrogens is 228 g/mol. The summed E-state index contributed by atoms with van der Waals surface area (Å²) in [4.78, 5) is 10.7. The summed E-state index contributed by atoms with van der Waals surface area (Å²) in [5, 5.41) is 8.17. The average Bonchev–Trinajstić information content (AvgIpc) is 2.38. The molecule has 4 heteroatoms. The van der Waals surface area contributed by atoms with Crippen molar-refractivity contribution < 1.29 is 9.53 Å². The van der Waals surface area contributed by atoms with Gasteiger partial charge < -0.3 is 4.74 Å². The smallest absolute Gasteiger partial charge is 0.308 e. The fraction of sp³-hybridized carbons (Fsp3) is 0.0714. The van der Waals surface area contributed by atoms with E-state index in [9.17, 15) is 4.79 Å². The molecule has 0 heterocycles. The number of rotatable bonds is 3. The second-order valence-electron chi connectivity index (χ2n) is 3.62. The van der Waals surface area contributed by atoms with Crippen LogP contribution in [0.5, 0.6) is 5.75 Å². The lowest BCUT2D eigenvalue weighted by molar-refractivity contribution is -0.131. The van der Waals surface area contributed by atoms with Crippen molar-refractivity contribution in [2.75, 3.05) is 0 Å². The minimum absolute atomic E-state index is 0.339. The van der Waals surface area contributed by atoms with E-state index in [1.807, 2.05) is 30.3 Å². The van der Waals surface area contributed by atoms with Gasteiger partial charge in [0.1, 0.15) is 5.75 Å². The molecule has 0 aliphatic carbocycles. The third-order valence-electron chi connectivity index (χ3n) is 2.14. The zero-order valence-corrected chi connectivity index (χ0v) is 9.91. The number of esters is 1. The van der Waals surface area contributed by atoms with Gasteiger partial charge in [0.2, 0.25) is 0 Å². The van der Waals surface area contributed by atoms with E-state index in [4.69, 9.17) is 4.74 Å². The summed E-state index contributed by atoms with van der Waals surface area (Å²) in [6.07, 6.45) is 0. The number of azo groups is 1. The summed E-state index contributed by atoms with van der Waals surface area (Å²) < 4.78 is 4.92. The molecule has 90 valence electrons. The topological polar surface area (TPSA) is 51.0 Å². The maximum atomic E-state index is 10.7. The highest BCUT2D eigenvalue weighted by Gasteiger charge is 1.97. The van der Waals surface area contributed by atoms with Crippen molar-refractivity contribution in [1.29, 1.82) is 0 Å². The number of hydrogen-bond donors (Lipinski definition) is 0. The first-order chi connectivity index (χ1) is 8.74. The Labute approximate surface area is 105 Å². The molecule has 0 spiro atoms. The molecule has 2 aromatic carbocycles. The van der Waals surface area contributed by atoms with Crippen LogP contribution in [0, 0.1) is 0 Å². The number of benzene rings is 2. The lowest BCUT2D eigenvalue weighted by Gasteiger charge is -2.00. The predicted molar refractivity (Wildman–Crippen MR) is 68.4 cm³/mol. The van der Waals surface area contributed by atoms with Crippen LogP contribution in [0.25, 0.3) is 0 Å². The summed E-state index contributed by atoms with van der Waals surface area (Å²) in [6, 6.07) is 16.3. The van der Waals surface area contributed by atoms with Gasteiger partial charge in [0.05, 0.1) is 11.4 Å². The van der Waals surface area contributed by atoms with Gasteiger partial charge in [0.15, 0.2) is 0 Å². The Balaban J connectivity index is 2.06.